The van der Waals surface area contributed by atoms with Gasteiger partial charge in [-0.2, -0.15) is 18.3 Å². The molecule has 4 rings (SSSR count). The zero-order chi connectivity index (χ0) is 23.9. The van der Waals surface area contributed by atoms with Gasteiger partial charge in [-0.3, -0.25) is 9.36 Å². The summed E-state index contributed by atoms with van der Waals surface area (Å²) in [4.78, 5) is 24.6. The molecule has 6 nitrogen and oxygen atoms in total. The Morgan fingerprint density at radius 3 is 2.24 bits per heavy atom. The van der Waals surface area contributed by atoms with Crippen LogP contribution in [-0.2, 0) is 17.5 Å². The van der Waals surface area contributed by atoms with Gasteiger partial charge in [0.2, 0.25) is 0 Å². The van der Waals surface area contributed by atoms with Gasteiger partial charge < -0.3 is 4.74 Å². The van der Waals surface area contributed by atoms with E-state index >= 15 is 0 Å². The molecule has 0 radical (unpaired) electrons. The first-order valence-corrected chi connectivity index (χ1v) is 10.0. The Bertz CT molecular complexity index is 1400. The van der Waals surface area contributed by atoms with Gasteiger partial charge >= 0.3 is 12.1 Å². The van der Waals surface area contributed by atoms with E-state index in [1.54, 1.807) is 24.3 Å². The van der Waals surface area contributed by atoms with Crippen molar-refractivity contribution in [2.75, 3.05) is 7.11 Å². The molecule has 2 aromatic heterocycles. The summed E-state index contributed by atoms with van der Waals surface area (Å²) in [5.74, 6) is -0.510. The average Bonchev–Trinajstić information content (AvgIpc) is 3.12. The maximum absolute atomic E-state index is 13.8. The molecule has 2 heterocycles. The van der Waals surface area contributed by atoms with Crippen LogP contribution in [-0.4, -0.2) is 27.4 Å². The lowest BCUT2D eigenvalue weighted by molar-refractivity contribution is -0.136. The number of alkyl halides is 3. The number of methoxy groups -OCH3 is 1. The zero-order valence-corrected chi connectivity index (χ0v) is 18.1. The van der Waals surface area contributed by atoms with Crippen molar-refractivity contribution in [3.63, 3.8) is 0 Å². The number of ether oxygens (including phenoxy) is 1. The number of pyridine rings is 1. The number of carbonyl (C=O) groups is 1. The van der Waals surface area contributed by atoms with Gasteiger partial charge in [0.05, 0.1) is 41.5 Å². The molecule has 0 unspecified atom stereocenters. The minimum Gasteiger partial charge on any atom is -0.465 e. The largest absolute Gasteiger partial charge is 0.465 e. The Morgan fingerprint density at radius 1 is 1.03 bits per heavy atom. The molecule has 0 amide bonds. The molecule has 33 heavy (non-hydrogen) atoms. The molecule has 0 saturated carbocycles. The maximum Gasteiger partial charge on any atom is 0.417 e. The third-order valence-corrected chi connectivity index (χ3v) is 5.39. The van der Waals surface area contributed by atoms with Crippen LogP contribution in [0.2, 0.25) is 0 Å². The molecule has 170 valence electrons. The number of rotatable bonds is 4. The fraction of sp³-hybridized carbons (Fsp3) is 0.208. The second-order valence-corrected chi connectivity index (χ2v) is 7.70. The molecule has 2 aromatic carbocycles. The van der Waals surface area contributed by atoms with E-state index in [0.29, 0.717) is 22.9 Å². The van der Waals surface area contributed by atoms with Crippen LogP contribution >= 0.6 is 0 Å². The van der Waals surface area contributed by atoms with Gasteiger partial charge in [0, 0.05) is 6.07 Å². The van der Waals surface area contributed by atoms with Crippen molar-refractivity contribution in [2.24, 2.45) is 0 Å². The van der Waals surface area contributed by atoms with Crippen LogP contribution in [0.25, 0.3) is 16.7 Å². The van der Waals surface area contributed by atoms with Crippen molar-refractivity contribution >= 4 is 17.0 Å². The number of benzene rings is 2. The SMILES string of the molecule is COC(=O)c1ccc(Cn2c(=O)cc(C(F)(F)F)c3c(C)nn(-c4ccc(C)cc4)c32)cc1. The van der Waals surface area contributed by atoms with Crippen LogP contribution in [0.15, 0.2) is 59.4 Å². The number of fused-ring (bicyclic) bond motifs is 1. The smallest absolute Gasteiger partial charge is 0.417 e. The summed E-state index contributed by atoms with van der Waals surface area (Å²) >= 11 is 0. The number of halogens is 3. The second kappa shape index (κ2) is 8.23. The van der Waals surface area contributed by atoms with Crippen LogP contribution in [0.5, 0.6) is 0 Å². The summed E-state index contributed by atoms with van der Waals surface area (Å²) in [5, 5.41) is 4.22. The number of carbonyl (C=O) groups excluding carboxylic acids is 1. The first-order chi connectivity index (χ1) is 15.6. The average molecular weight is 455 g/mol. The molecule has 0 aliphatic rings. The minimum atomic E-state index is -4.72. The van der Waals surface area contributed by atoms with E-state index in [4.69, 9.17) is 0 Å². The van der Waals surface area contributed by atoms with E-state index < -0.39 is 23.3 Å². The number of hydrogen-bond donors (Lipinski definition) is 0. The van der Waals surface area contributed by atoms with Crippen LogP contribution in [0, 0.1) is 13.8 Å². The van der Waals surface area contributed by atoms with Crippen molar-refractivity contribution in [3.05, 3.63) is 92.9 Å². The first kappa shape index (κ1) is 22.3. The van der Waals surface area contributed by atoms with Crippen molar-refractivity contribution in [3.8, 4) is 5.69 Å². The minimum absolute atomic E-state index is 0.00802. The highest BCUT2D eigenvalue weighted by atomic mass is 19.4. The lowest BCUT2D eigenvalue weighted by Crippen LogP contribution is -2.25. The van der Waals surface area contributed by atoms with Gasteiger partial charge in [0.15, 0.2) is 0 Å². The maximum atomic E-state index is 13.8. The van der Waals surface area contributed by atoms with Gasteiger partial charge in [-0.1, -0.05) is 29.8 Å². The summed E-state index contributed by atoms with van der Waals surface area (Å²) in [6.45, 7) is 3.38. The summed E-state index contributed by atoms with van der Waals surface area (Å²) < 4.78 is 48.8. The van der Waals surface area contributed by atoms with Crippen LogP contribution < -0.4 is 5.56 Å². The van der Waals surface area contributed by atoms with E-state index in [1.807, 2.05) is 19.1 Å². The molecule has 0 bridgehead atoms. The molecule has 0 aliphatic carbocycles. The predicted octanol–water partition coefficient (Wildman–Crippen LogP) is 4.66. The quantitative estimate of drug-likeness (QED) is 0.420. The van der Waals surface area contributed by atoms with Gasteiger partial charge in [-0.15, -0.1) is 0 Å². The zero-order valence-electron chi connectivity index (χ0n) is 18.1. The molecule has 4 aromatic rings. The monoisotopic (exact) mass is 455 g/mol. The van der Waals surface area contributed by atoms with Gasteiger partial charge in [0.25, 0.3) is 5.56 Å². The van der Waals surface area contributed by atoms with Gasteiger partial charge in [0.1, 0.15) is 5.65 Å². The van der Waals surface area contributed by atoms with Crippen LogP contribution in [0.4, 0.5) is 13.2 Å². The van der Waals surface area contributed by atoms with Crippen LogP contribution in [0.3, 0.4) is 0 Å². The van der Waals surface area contributed by atoms with E-state index in [0.717, 1.165) is 5.56 Å². The van der Waals surface area contributed by atoms with E-state index in [1.165, 1.54) is 35.4 Å². The lowest BCUT2D eigenvalue weighted by Gasteiger charge is -2.15. The van der Waals surface area contributed by atoms with Crippen molar-refractivity contribution in [1.29, 1.82) is 0 Å². The standard InChI is InChI=1S/C24H20F3N3O3/c1-14-4-10-18(11-5-14)30-22-21(15(2)28-30)19(24(25,26)27)12-20(31)29(22)13-16-6-8-17(9-7-16)23(32)33-3/h4-12H,13H2,1-3H3. The third kappa shape index (κ3) is 4.13. The number of aromatic nitrogens is 3. The highest BCUT2D eigenvalue weighted by molar-refractivity contribution is 5.89. The summed E-state index contributed by atoms with van der Waals surface area (Å²) in [6.07, 6.45) is -4.72. The summed E-state index contributed by atoms with van der Waals surface area (Å²) in [6, 6.07) is 14.1. The van der Waals surface area contributed by atoms with Crippen molar-refractivity contribution < 1.29 is 22.7 Å². The predicted molar refractivity (Wildman–Crippen MR) is 117 cm³/mol. The highest BCUT2D eigenvalue weighted by Gasteiger charge is 2.36. The molecular weight excluding hydrogens is 435 g/mol. The number of esters is 1. The fourth-order valence-electron chi connectivity index (χ4n) is 3.75. The van der Waals surface area contributed by atoms with Gasteiger partial charge in [-0.25, -0.2) is 9.48 Å². The van der Waals surface area contributed by atoms with E-state index in [9.17, 15) is 22.8 Å². The Labute approximate surface area is 186 Å². The molecule has 0 atom stereocenters. The molecule has 0 N–H and O–H groups in total. The first-order valence-electron chi connectivity index (χ1n) is 10.0. The lowest BCUT2D eigenvalue weighted by atomic mass is 10.1. The molecule has 0 fully saturated rings. The number of nitrogens with zero attached hydrogens (tertiary/aromatic N) is 3. The number of hydrogen-bond acceptors (Lipinski definition) is 4. The molecule has 0 spiro atoms. The molecule has 0 saturated heterocycles. The van der Waals surface area contributed by atoms with Crippen LogP contribution in [0.1, 0.15) is 32.7 Å². The second-order valence-electron chi connectivity index (χ2n) is 7.70. The van der Waals surface area contributed by atoms with Gasteiger partial charge in [-0.05, 0) is 43.7 Å². The normalized spacial score (nSPS) is 11.7. The Kier molecular flexibility index (Phi) is 5.57. The Hall–Kier alpha value is -3.88. The molecular formula is C24H20F3N3O3. The van der Waals surface area contributed by atoms with Crippen molar-refractivity contribution in [2.45, 2.75) is 26.6 Å². The van der Waals surface area contributed by atoms with Crippen molar-refractivity contribution in [1.82, 2.24) is 14.3 Å². The molecule has 9 heteroatoms. The topological polar surface area (TPSA) is 66.1 Å². The molecule has 0 aliphatic heterocycles. The highest BCUT2D eigenvalue weighted by Crippen LogP contribution is 2.36. The summed E-state index contributed by atoms with van der Waals surface area (Å²) in [5.41, 5.74) is 0.849. The number of aryl methyl sites for hydroxylation is 2. The Balaban J connectivity index is 1.95. The van der Waals surface area contributed by atoms with E-state index in [2.05, 4.69) is 9.84 Å². The summed E-state index contributed by atoms with van der Waals surface area (Å²) in [7, 11) is 1.27. The fourth-order valence-corrected chi connectivity index (χ4v) is 3.75. The van der Waals surface area contributed by atoms with E-state index in [-0.39, 0.29) is 23.3 Å². The Morgan fingerprint density at radius 2 is 1.67 bits per heavy atom. The third-order valence-electron chi connectivity index (χ3n) is 5.39.